The van der Waals surface area contributed by atoms with Crippen LogP contribution in [0.5, 0.6) is 5.75 Å². The van der Waals surface area contributed by atoms with Crippen LogP contribution in [0.2, 0.25) is 0 Å². The average Bonchev–Trinajstić information content (AvgIpc) is 3.34. The Bertz CT molecular complexity index is 1470. The number of hydrogen-bond donors (Lipinski definition) is 2. The fourth-order valence-electron chi connectivity index (χ4n) is 5.50. The summed E-state index contributed by atoms with van der Waals surface area (Å²) >= 11 is 0. The molecule has 190 valence electrons. The second kappa shape index (κ2) is 10.7. The maximum Gasteiger partial charge on any atom is 0.151 e. The van der Waals surface area contributed by atoms with Gasteiger partial charge >= 0.3 is 0 Å². The van der Waals surface area contributed by atoms with Crippen molar-refractivity contribution in [2.75, 3.05) is 25.0 Å². The lowest BCUT2D eigenvalue weighted by molar-refractivity contribution is 0.213. The average molecular weight is 501 g/mol. The number of aromatic hydroxyl groups is 1. The molecule has 2 N–H and O–H groups in total. The van der Waals surface area contributed by atoms with Gasteiger partial charge in [0.2, 0.25) is 0 Å². The first kappa shape index (κ1) is 24.3. The number of benzene rings is 3. The van der Waals surface area contributed by atoms with Crippen LogP contribution in [0.15, 0.2) is 97.2 Å². The van der Waals surface area contributed by atoms with Crippen molar-refractivity contribution in [3.63, 3.8) is 0 Å². The van der Waals surface area contributed by atoms with Crippen molar-refractivity contribution >= 4 is 24.8 Å². The van der Waals surface area contributed by atoms with Crippen molar-refractivity contribution in [2.45, 2.75) is 24.8 Å². The molecule has 6 rings (SSSR count). The maximum atomic E-state index is 10.4. The van der Waals surface area contributed by atoms with Gasteiger partial charge in [0.05, 0.1) is 5.69 Å². The quantitative estimate of drug-likeness (QED) is 0.329. The van der Waals surface area contributed by atoms with Gasteiger partial charge in [0.15, 0.2) is 5.65 Å². The van der Waals surface area contributed by atoms with Crippen LogP contribution in [-0.4, -0.2) is 58.1 Å². The standard InChI is InChI=1S/C31H32BN5O/c32-27-20-33-37-30(19-28(35-31(27)37)25-13-7-8-14-29(25)38)34-24-15-17-36(18-16-24)21-26(22-9-3-1-4-10-22)23-11-5-2-6-12-23/h1-14,19-20,24,26,34,38H,15-18,21,32H2. The highest BCUT2D eigenvalue weighted by Gasteiger charge is 2.24. The van der Waals surface area contributed by atoms with Crippen molar-refractivity contribution in [1.82, 2.24) is 19.5 Å². The minimum absolute atomic E-state index is 0.229. The molecule has 0 unspecified atom stereocenters. The van der Waals surface area contributed by atoms with Gasteiger partial charge in [-0.15, -0.1) is 0 Å². The zero-order valence-corrected chi connectivity index (χ0v) is 21.7. The lowest BCUT2D eigenvalue weighted by Crippen LogP contribution is -2.41. The third-order valence-corrected chi connectivity index (χ3v) is 7.61. The minimum Gasteiger partial charge on any atom is -0.507 e. The van der Waals surface area contributed by atoms with Crippen LogP contribution in [0.4, 0.5) is 5.82 Å². The summed E-state index contributed by atoms with van der Waals surface area (Å²) in [4.78, 5) is 7.41. The molecule has 0 radical (unpaired) electrons. The van der Waals surface area contributed by atoms with E-state index in [1.165, 1.54) is 11.1 Å². The van der Waals surface area contributed by atoms with Crippen molar-refractivity contribution < 1.29 is 5.11 Å². The normalized spacial score (nSPS) is 14.8. The Morgan fingerprint density at radius 3 is 2.18 bits per heavy atom. The number of likely N-dealkylation sites (tertiary alicyclic amines) is 1. The van der Waals surface area contributed by atoms with E-state index in [1.807, 2.05) is 42.8 Å². The van der Waals surface area contributed by atoms with Gasteiger partial charge < -0.3 is 15.3 Å². The number of aromatic nitrogens is 3. The molecule has 1 aliphatic heterocycles. The van der Waals surface area contributed by atoms with E-state index in [4.69, 9.17) is 4.98 Å². The molecule has 1 aliphatic rings. The van der Waals surface area contributed by atoms with Crippen LogP contribution < -0.4 is 10.8 Å². The van der Waals surface area contributed by atoms with E-state index in [-0.39, 0.29) is 5.75 Å². The largest absolute Gasteiger partial charge is 0.507 e. The summed E-state index contributed by atoms with van der Waals surface area (Å²) in [7, 11) is 2.02. The number of hydrogen-bond acceptors (Lipinski definition) is 5. The number of para-hydroxylation sites is 1. The van der Waals surface area contributed by atoms with Crippen LogP contribution in [0.3, 0.4) is 0 Å². The van der Waals surface area contributed by atoms with Crippen molar-refractivity contribution in [3.05, 3.63) is 108 Å². The lowest BCUT2D eigenvalue weighted by atomic mass is 9.90. The van der Waals surface area contributed by atoms with Crippen molar-refractivity contribution in [2.24, 2.45) is 0 Å². The third kappa shape index (κ3) is 5.02. The third-order valence-electron chi connectivity index (χ3n) is 7.61. The van der Waals surface area contributed by atoms with Gasteiger partial charge in [0.1, 0.15) is 19.4 Å². The molecule has 1 saturated heterocycles. The van der Waals surface area contributed by atoms with Crippen LogP contribution in [0, 0.1) is 0 Å². The van der Waals surface area contributed by atoms with Crippen LogP contribution in [0.25, 0.3) is 16.9 Å². The zero-order chi connectivity index (χ0) is 25.9. The number of nitrogens with zero attached hydrogens (tertiary/aromatic N) is 4. The van der Waals surface area contributed by atoms with Gasteiger partial charge in [-0.05, 0) is 41.6 Å². The second-order valence-corrected chi connectivity index (χ2v) is 10.2. The Labute approximate surface area is 224 Å². The summed E-state index contributed by atoms with van der Waals surface area (Å²) in [5, 5.41) is 18.8. The molecule has 6 nitrogen and oxygen atoms in total. The van der Waals surface area contributed by atoms with Crippen molar-refractivity contribution in [3.8, 4) is 17.0 Å². The predicted molar refractivity (Wildman–Crippen MR) is 156 cm³/mol. The monoisotopic (exact) mass is 501 g/mol. The molecule has 0 amide bonds. The minimum atomic E-state index is 0.229. The summed E-state index contributed by atoms with van der Waals surface area (Å²) < 4.78 is 1.88. The smallest absolute Gasteiger partial charge is 0.151 e. The van der Waals surface area contributed by atoms with Gasteiger partial charge in [0, 0.05) is 49.4 Å². The van der Waals surface area contributed by atoms with Crippen LogP contribution >= 0.6 is 0 Å². The molecule has 1 fully saturated rings. The molecular formula is C31H32BN5O. The van der Waals surface area contributed by atoms with Crippen LogP contribution in [0.1, 0.15) is 29.9 Å². The highest BCUT2D eigenvalue weighted by atomic mass is 16.3. The molecule has 38 heavy (non-hydrogen) atoms. The molecule has 2 aromatic heterocycles. The summed E-state index contributed by atoms with van der Waals surface area (Å²) in [6.45, 7) is 3.08. The number of phenolic OH excluding ortho intramolecular Hbond substituents is 1. The molecule has 0 spiro atoms. The molecule has 3 heterocycles. The fourth-order valence-corrected chi connectivity index (χ4v) is 5.50. The Hall–Kier alpha value is -4.10. The van der Waals surface area contributed by atoms with E-state index in [2.05, 4.69) is 76.0 Å². The van der Waals surface area contributed by atoms with Crippen LogP contribution in [-0.2, 0) is 0 Å². The molecule has 5 aromatic rings. The Morgan fingerprint density at radius 1 is 0.895 bits per heavy atom. The van der Waals surface area contributed by atoms with E-state index < -0.39 is 0 Å². The van der Waals surface area contributed by atoms with Gasteiger partial charge in [-0.3, -0.25) is 0 Å². The van der Waals surface area contributed by atoms with E-state index in [0.29, 0.717) is 12.0 Å². The fraction of sp³-hybridized carbons (Fsp3) is 0.226. The first-order valence-corrected chi connectivity index (χ1v) is 13.4. The Balaban J connectivity index is 1.19. The number of nitrogens with one attached hydrogen (secondary N) is 1. The maximum absolute atomic E-state index is 10.4. The zero-order valence-electron chi connectivity index (χ0n) is 21.7. The van der Waals surface area contributed by atoms with Gasteiger partial charge in [-0.2, -0.15) is 9.61 Å². The van der Waals surface area contributed by atoms with E-state index in [0.717, 1.165) is 60.7 Å². The van der Waals surface area contributed by atoms with Gasteiger partial charge in [-0.1, -0.05) is 72.8 Å². The van der Waals surface area contributed by atoms with E-state index >= 15 is 0 Å². The summed E-state index contributed by atoms with van der Waals surface area (Å²) in [6, 6.07) is 31.4. The second-order valence-electron chi connectivity index (χ2n) is 10.2. The number of anilines is 1. The Morgan fingerprint density at radius 2 is 1.53 bits per heavy atom. The summed E-state index contributed by atoms with van der Waals surface area (Å²) in [6.07, 6.45) is 3.94. The first-order valence-electron chi connectivity index (χ1n) is 13.4. The topological polar surface area (TPSA) is 65.7 Å². The number of rotatable bonds is 7. The number of fused-ring (bicyclic) bond motifs is 1. The number of phenols is 1. The highest BCUT2D eigenvalue weighted by molar-refractivity contribution is 6.36. The Kier molecular flexibility index (Phi) is 6.84. The molecule has 0 aliphatic carbocycles. The van der Waals surface area contributed by atoms with Gasteiger partial charge in [0.25, 0.3) is 0 Å². The summed E-state index contributed by atoms with van der Waals surface area (Å²) in [5.74, 6) is 1.49. The molecule has 7 heteroatoms. The van der Waals surface area contributed by atoms with Crippen molar-refractivity contribution in [1.29, 1.82) is 0 Å². The summed E-state index contributed by atoms with van der Waals surface area (Å²) in [5.41, 5.74) is 6.01. The SMILES string of the molecule is Bc1cnn2c(NC3CCN(CC(c4ccccc4)c4ccccc4)CC3)cc(-c3ccccc3O)nc12. The predicted octanol–water partition coefficient (Wildman–Crippen LogP) is 4.07. The molecular weight excluding hydrogens is 469 g/mol. The molecule has 0 saturated carbocycles. The lowest BCUT2D eigenvalue weighted by Gasteiger charge is -2.35. The molecule has 0 atom stereocenters. The number of piperidine rings is 1. The molecule has 0 bridgehead atoms. The van der Waals surface area contributed by atoms with Gasteiger partial charge in [-0.25, -0.2) is 4.98 Å². The highest BCUT2D eigenvalue weighted by Crippen LogP contribution is 2.31. The van der Waals surface area contributed by atoms with E-state index in [1.54, 1.807) is 6.07 Å². The first-order chi connectivity index (χ1) is 18.7. The van der Waals surface area contributed by atoms with E-state index in [9.17, 15) is 5.11 Å². The molecule has 3 aromatic carbocycles.